The summed E-state index contributed by atoms with van der Waals surface area (Å²) >= 11 is 0. The van der Waals surface area contributed by atoms with Gasteiger partial charge in [0, 0.05) is 29.2 Å². The molecule has 0 fully saturated rings. The quantitative estimate of drug-likeness (QED) is 0.141. The monoisotopic (exact) mass is 768 g/mol. The summed E-state index contributed by atoms with van der Waals surface area (Å²) in [6.45, 7) is 0. The largest absolute Gasteiger partial charge is 0.308 e. The minimum absolute atomic E-state index is 0.174. The van der Waals surface area contributed by atoms with Crippen LogP contribution in [0.3, 0.4) is 0 Å². The summed E-state index contributed by atoms with van der Waals surface area (Å²) in [5.41, 5.74) is 15.2. The third-order valence-electron chi connectivity index (χ3n) is 11.5. The standard InChI is InChI=1S/C56H40N4/c57-37-47(44-28-16-27-43(33-44)38-17-6-1-7-18-38)36-52(56-59-54(41-23-12-4-13-24-41)58-55(60-56)42-25-14-5-15-26-42)53-48-31-29-45(39-19-8-2-9-20-39)34-50(48)51-35-46(30-32-49(51)53)40-21-10-3-11-22-40/h1-37,52-53,57H/b47-36+,57-37?. The first kappa shape index (κ1) is 36.5. The van der Waals surface area contributed by atoms with Gasteiger partial charge in [-0.15, -0.1) is 0 Å². The van der Waals surface area contributed by atoms with E-state index in [0.29, 0.717) is 17.5 Å². The summed E-state index contributed by atoms with van der Waals surface area (Å²) in [5.74, 6) is 1.30. The molecule has 8 aromatic carbocycles. The highest BCUT2D eigenvalue weighted by molar-refractivity contribution is 6.09. The summed E-state index contributed by atoms with van der Waals surface area (Å²) in [5, 5.41) is 8.94. The SMILES string of the molecule is N=C/C(=C\C(c1nc(-c2ccccc2)nc(-c2ccccc2)n1)C1c2ccc(-c3ccccc3)cc2-c2cc(-c3ccccc3)ccc21)c1cccc(-c2ccccc2)c1. The summed E-state index contributed by atoms with van der Waals surface area (Å²) < 4.78 is 0. The van der Waals surface area contributed by atoms with E-state index in [9.17, 15) is 0 Å². The van der Waals surface area contributed by atoms with E-state index < -0.39 is 0 Å². The Morgan fingerprint density at radius 1 is 0.400 bits per heavy atom. The fourth-order valence-corrected chi connectivity index (χ4v) is 8.52. The molecule has 1 atom stereocenters. The van der Waals surface area contributed by atoms with E-state index in [-0.39, 0.29) is 11.8 Å². The zero-order valence-electron chi connectivity index (χ0n) is 32.9. The van der Waals surface area contributed by atoms with E-state index in [1.54, 1.807) is 0 Å². The molecule has 0 aliphatic heterocycles. The summed E-state index contributed by atoms with van der Waals surface area (Å²) in [4.78, 5) is 15.8. The van der Waals surface area contributed by atoms with Crippen LogP contribution in [0.1, 0.15) is 34.4 Å². The molecule has 0 saturated carbocycles. The van der Waals surface area contributed by atoms with Crippen LogP contribution in [0.2, 0.25) is 0 Å². The fourth-order valence-electron chi connectivity index (χ4n) is 8.52. The Hall–Kier alpha value is -7.82. The highest BCUT2D eigenvalue weighted by atomic mass is 15.0. The lowest BCUT2D eigenvalue weighted by atomic mass is 9.81. The number of hydrogen-bond acceptors (Lipinski definition) is 4. The van der Waals surface area contributed by atoms with Crippen molar-refractivity contribution in [2.24, 2.45) is 0 Å². The van der Waals surface area contributed by atoms with E-state index >= 15 is 0 Å². The van der Waals surface area contributed by atoms with E-state index in [0.717, 1.165) is 44.5 Å². The zero-order valence-corrected chi connectivity index (χ0v) is 32.9. The Labute approximate surface area is 350 Å². The maximum Gasteiger partial charge on any atom is 0.163 e. The number of fused-ring (bicyclic) bond motifs is 3. The lowest BCUT2D eigenvalue weighted by molar-refractivity contribution is 0.680. The van der Waals surface area contributed by atoms with Crippen molar-refractivity contribution in [1.29, 1.82) is 5.41 Å². The van der Waals surface area contributed by atoms with E-state index in [2.05, 4.69) is 152 Å². The highest BCUT2D eigenvalue weighted by Crippen LogP contribution is 2.53. The van der Waals surface area contributed by atoms with Crippen LogP contribution in [0, 0.1) is 5.41 Å². The molecule has 10 rings (SSSR count). The van der Waals surface area contributed by atoms with Gasteiger partial charge in [0.25, 0.3) is 0 Å². The van der Waals surface area contributed by atoms with Crippen molar-refractivity contribution in [3.05, 3.63) is 241 Å². The van der Waals surface area contributed by atoms with Gasteiger partial charge in [-0.25, -0.2) is 15.0 Å². The van der Waals surface area contributed by atoms with Crippen molar-refractivity contribution in [1.82, 2.24) is 15.0 Å². The maximum atomic E-state index is 8.94. The number of hydrogen-bond donors (Lipinski definition) is 1. The molecule has 9 aromatic rings. The molecular weight excluding hydrogens is 729 g/mol. The van der Waals surface area contributed by atoms with Gasteiger partial charge < -0.3 is 5.41 Å². The van der Waals surface area contributed by atoms with Crippen molar-refractivity contribution in [2.75, 3.05) is 0 Å². The van der Waals surface area contributed by atoms with Gasteiger partial charge in [-0.1, -0.05) is 200 Å². The molecule has 1 aliphatic rings. The van der Waals surface area contributed by atoms with Crippen molar-refractivity contribution >= 4 is 11.8 Å². The minimum atomic E-state index is -0.389. The molecule has 284 valence electrons. The van der Waals surface area contributed by atoms with Crippen LogP contribution in [0.15, 0.2) is 218 Å². The topological polar surface area (TPSA) is 62.5 Å². The van der Waals surface area contributed by atoms with Gasteiger partial charge in [0.15, 0.2) is 11.6 Å². The Balaban J connectivity index is 1.23. The van der Waals surface area contributed by atoms with Crippen molar-refractivity contribution in [3.8, 4) is 67.3 Å². The smallest absolute Gasteiger partial charge is 0.163 e. The molecule has 1 unspecified atom stereocenters. The Bertz CT molecular complexity index is 2830. The van der Waals surface area contributed by atoms with Crippen LogP contribution in [-0.4, -0.2) is 21.2 Å². The maximum absolute atomic E-state index is 8.94. The highest BCUT2D eigenvalue weighted by Gasteiger charge is 2.37. The molecular formula is C56H40N4. The molecule has 4 heteroatoms. The van der Waals surface area contributed by atoms with Gasteiger partial charge in [0.1, 0.15) is 5.82 Å². The van der Waals surface area contributed by atoms with Crippen LogP contribution in [-0.2, 0) is 0 Å². The molecule has 1 aliphatic carbocycles. The fraction of sp³-hybridized carbons (Fsp3) is 0.0357. The molecule has 0 saturated heterocycles. The lowest BCUT2D eigenvalue weighted by Gasteiger charge is -2.24. The van der Waals surface area contributed by atoms with Crippen LogP contribution in [0.4, 0.5) is 0 Å². The predicted molar refractivity (Wildman–Crippen MR) is 247 cm³/mol. The minimum Gasteiger partial charge on any atom is -0.308 e. The second-order valence-corrected chi connectivity index (χ2v) is 15.1. The average molecular weight is 769 g/mol. The second-order valence-electron chi connectivity index (χ2n) is 15.1. The number of rotatable bonds is 10. The average Bonchev–Trinajstić information content (AvgIpc) is 3.66. The molecule has 0 amide bonds. The van der Waals surface area contributed by atoms with E-state index in [1.165, 1.54) is 39.6 Å². The Morgan fingerprint density at radius 2 is 0.800 bits per heavy atom. The van der Waals surface area contributed by atoms with Crippen LogP contribution < -0.4 is 0 Å². The van der Waals surface area contributed by atoms with Gasteiger partial charge in [-0.2, -0.15) is 0 Å². The Morgan fingerprint density at radius 3 is 1.23 bits per heavy atom. The number of benzene rings is 8. The Kier molecular flexibility index (Phi) is 9.86. The van der Waals surface area contributed by atoms with Crippen molar-refractivity contribution in [2.45, 2.75) is 11.8 Å². The van der Waals surface area contributed by atoms with Gasteiger partial charge in [0.2, 0.25) is 0 Å². The summed E-state index contributed by atoms with van der Waals surface area (Å²) in [7, 11) is 0. The van der Waals surface area contributed by atoms with E-state index in [4.69, 9.17) is 20.4 Å². The van der Waals surface area contributed by atoms with Crippen molar-refractivity contribution in [3.63, 3.8) is 0 Å². The molecule has 0 bridgehead atoms. The van der Waals surface area contributed by atoms with Gasteiger partial charge in [-0.3, -0.25) is 0 Å². The number of nitrogens with zero attached hydrogens (tertiary/aromatic N) is 3. The lowest BCUT2D eigenvalue weighted by Crippen LogP contribution is -2.15. The van der Waals surface area contributed by atoms with E-state index in [1.807, 2.05) is 66.7 Å². The molecule has 1 heterocycles. The first-order valence-corrected chi connectivity index (χ1v) is 20.3. The first-order chi connectivity index (χ1) is 29.7. The van der Waals surface area contributed by atoms with Gasteiger partial charge >= 0.3 is 0 Å². The first-order valence-electron chi connectivity index (χ1n) is 20.3. The number of aromatic nitrogens is 3. The second kappa shape index (κ2) is 16.2. The molecule has 4 nitrogen and oxygen atoms in total. The van der Waals surface area contributed by atoms with Crippen LogP contribution in [0.5, 0.6) is 0 Å². The number of nitrogens with one attached hydrogen (secondary N) is 1. The summed E-state index contributed by atoms with van der Waals surface area (Å²) in [6.07, 6.45) is 3.69. The van der Waals surface area contributed by atoms with Crippen molar-refractivity contribution < 1.29 is 0 Å². The third kappa shape index (κ3) is 7.16. The zero-order chi connectivity index (χ0) is 40.3. The predicted octanol–water partition coefficient (Wildman–Crippen LogP) is 13.8. The van der Waals surface area contributed by atoms with Gasteiger partial charge in [0.05, 0.1) is 0 Å². The number of allylic oxidation sites excluding steroid dienone is 2. The van der Waals surface area contributed by atoms with Gasteiger partial charge in [-0.05, 0) is 85.0 Å². The molecule has 0 radical (unpaired) electrons. The summed E-state index contributed by atoms with van der Waals surface area (Å²) in [6, 6.07) is 74.1. The third-order valence-corrected chi connectivity index (χ3v) is 11.5. The molecule has 0 spiro atoms. The molecule has 1 N–H and O–H groups in total. The molecule has 60 heavy (non-hydrogen) atoms. The normalized spacial score (nSPS) is 12.7. The van der Waals surface area contributed by atoms with Crippen LogP contribution in [0.25, 0.3) is 72.9 Å². The molecule has 1 aromatic heterocycles. The van der Waals surface area contributed by atoms with Crippen LogP contribution >= 0.6 is 0 Å².